The zero-order valence-electron chi connectivity index (χ0n) is 15.7. The quantitative estimate of drug-likeness (QED) is 0.490. The van der Waals surface area contributed by atoms with E-state index in [1.165, 1.54) is 5.56 Å². The molecule has 0 aliphatic carbocycles. The molecule has 0 saturated heterocycles. The molecule has 28 heavy (non-hydrogen) atoms. The molecule has 0 N–H and O–H groups in total. The largest absolute Gasteiger partial charge is 0.480 e. The molecule has 4 aromatic rings. The number of aromatic nitrogens is 5. The molecule has 0 spiro atoms. The van der Waals surface area contributed by atoms with E-state index < -0.39 is 0 Å². The highest BCUT2D eigenvalue weighted by Gasteiger charge is 2.07. The van der Waals surface area contributed by atoms with Crippen LogP contribution < -0.4 is 4.74 Å². The van der Waals surface area contributed by atoms with Crippen LogP contribution in [0.3, 0.4) is 0 Å². The lowest BCUT2D eigenvalue weighted by Crippen LogP contribution is -2.00. The summed E-state index contributed by atoms with van der Waals surface area (Å²) in [4.78, 5) is 4.16. The Bertz CT molecular complexity index is 1030. The first-order valence-electron chi connectivity index (χ1n) is 9.23. The Labute approximate surface area is 163 Å². The van der Waals surface area contributed by atoms with Gasteiger partial charge in [0, 0.05) is 42.3 Å². The normalized spacial score (nSPS) is 10.8. The zero-order valence-corrected chi connectivity index (χ0v) is 15.7. The van der Waals surface area contributed by atoms with Crippen LogP contribution in [0, 0.1) is 0 Å². The Morgan fingerprint density at radius 3 is 2.57 bits per heavy atom. The van der Waals surface area contributed by atoms with Gasteiger partial charge in [0.25, 0.3) is 0 Å². The van der Waals surface area contributed by atoms with E-state index in [1.807, 2.05) is 53.5 Å². The molecule has 0 amide bonds. The van der Waals surface area contributed by atoms with Gasteiger partial charge in [-0.05, 0) is 42.7 Å². The monoisotopic (exact) mass is 371 g/mol. The summed E-state index contributed by atoms with van der Waals surface area (Å²) >= 11 is 0. The smallest absolute Gasteiger partial charge is 0.233 e. The molecule has 0 saturated carbocycles. The van der Waals surface area contributed by atoms with Crippen molar-refractivity contribution in [1.82, 2.24) is 25.0 Å². The van der Waals surface area contributed by atoms with Crippen molar-refractivity contribution in [1.29, 1.82) is 0 Å². The van der Waals surface area contributed by atoms with E-state index in [9.17, 15) is 0 Å². The van der Waals surface area contributed by atoms with Crippen molar-refractivity contribution in [3.05, 3.63) is 78.8 Å². The third-order valence-corrected chi connectivity index (χ3v) is 4.52. The summed E-state index contributed by atoms with van der Waals surface area (Å²) in [5.41, 5.74) is 5.06. The summed E-state index contributed by atoms with van der Waals surface area (Å²) in [5.74, 6) is 0.505. The first-order chi connectivity index (χ1) is 13.8. The maximum atomic E-state index is 5.07. The molecule has 0 aliphatic heterocycles. The van der Waals surface area contributed by atoms with Gasteiger partial charge in [0.1, 0.15) is 0 Å². The lowest BCUT2D eigenvalue weighted by Gasteiger charge is -2.04. The highest BCUT2D eigenvalue weighted by molar-refractivity contribution is 5.69. The minimum absolute atomic E-state index is 0.505. The van der Waals surface area contributed by atoms with Crippen LogP contribution in [-0.4, -0.2) is 32.1 Å². The Morgan fingerprint density at radius 2 is 1.82 bits per heavy atom. The predicted molar refractivity (Wildman–Crippen MR) is 108 cm³/mol. The van der Waals surface area contributed by atoms with Crippen LogP contribution in [0.1, 0.15) is 12.0 Å². The van der Waals surface area contributed by atoms with Crippen molar-refractivity contribution in [2.24, 2.45) is 0 Å². The van der Waals surface area contributed by atoms with E-state index in [0.29, 0.717) is 5.88 Å². The lowest BCUT2D eigenvalue weighted by molar-refractivity contribution is 0.392. The summed E-state index contributed by atoms with van der Waals surface area (Å²) in [6.07, 6.45) is 7.76. The summed E-state index contributed by atoms with van der Waals surface area (Å²) in [5, 5.41) is 13.0. The molecule has 0 radical (unpaired) electrons. The number of rotatable bonds is 7. The van der Waals surface area contributed by atoms with Gasteiger partial charge in [0.2, 0.25) is 5.88 Å². The van der Waals surface area contributed by atoms with Crippen LogP contribution >= 0.6 is 0 Å². The second-order valence-electron chi connectivity index (χ2n) is 6.47. The third-order valence-electron chi connectivity index (χ3n) is 4.52. The summed E-state index contributed by atoms with van der Waals surface area (Å²) in [7, 11) is 1.58. The SMILES string of the molecule is COc1ccc(-c2cccc(-c3ccn(CCCc4cccnc4)n3)c2)nn1. The van der Waals surface area contributed by atoms with Crippen molar-refractivity contribution < 1.29 is 4.74 Å². The standard InChI is InChI=1S/C22H21N5O/c1-28-22-10-9-20(24-25-22)18-7-2-8-19(15-18)21-11-14-27(26-21)13-4-6-17-5-3-12-23-16-17/h2-3,5,7-12,14-16H,4,6,13H2,1H3. The van der Waals surface area contributed by atoms with E-state index >= 15 is 0 Å². The molecule has 0 aliphatic rings. The van der Waals surface area contributed by atoms with Gasteiger partial charge >= 0.3 is 0 Å². The molecule has 0 bridgehead atoms. The fraction of sp³-hybridized carbons (Fsp3) is 0.182. The number of nitrogens with zero attached hydrogens (tertiary/aromatic N) is 5. The van der Waals surface area contributed by atoms with Crippen molar-refractivity contribution in [3.8, 4) is 28.4 Å². The molecular weight excluding hydrogens is 350 g/mol. The molecule has 4 rings (SSSR count). The molecular formula is C22H21N5O. The maximum absolute atomic E-state index is 5.07. The van der Waals surface area contributed by atoms with Crippen molar-refractivity contribution in [2.45, 2.75) is 19.4 Å². The van der Waals surface area contributed by atoms with Gasteiger partial charge in [-0.2, -0.15) is 5.10 Å². The zero-order chi connectivity index (χ0) is 19.2. The van der Waals surface area contributed by atoms with Crippen LogP contribution in [0.15, 0.2) is 73.2 Å². The van der Waals surface area contributed by atoms with E-state index in [1.54, 1.807) is 13.3 Å². The molecule has 6 heteroatoms. The van der Waals surface area contributed by atoms with Gasteiger partial charge in [-0.15, -0.1) is 10.2 Å². The summed E-state index contributed by atoms with van der Waals surface area (Å²) in [6, 6.07) is 18.0. The van der Waals surface area contributed by atoms with Crippen LogP contribution in [0.25, 0.3) is 22.5 Å². The summed E-state index contributed by atoms with van der Waals surface area (Å²) in [6.45, 7) is 0.874. The number of benzene rings is 1. The van der Waals surface area contributed by atoms with Crippen molar-refractivity contribution in [2.75, 3.05) is 7.11 Å². The molecule has 3 heterocycles. The molecule has 6 nitrogen and oxygen atoms in total. The molecule has 0 unspecified atom stereocenters. The second kappa shape index (κ2) is 8.43. The minimum Gasteiger partial charge on any atom is -0.480 e. The Balaban J connectivity index is 1.44. The maximum Gasteiger partial charge on any atom is 0.233 e. The lowest BCUT2D eigenvalue weighted by atomic mass is 10.1. The molecule has 0 fully saturated rings. The van der Waals surface area contributed by atoms with Crippen LogP contribution in [0.2, 0.25) is 0 Å². The topological polar surface area (TPSA) is 65.7 Å². The van der Waals surface area contributed by atoms with Gasteiger partial charge in [0.15, 0.2) is 0 Å². The molecule has 0 atom stereocenters. The summed E-state index contributed by atoms with van der Waals surface area (Å²) < 4.78 is 7.06. The number of methoxy groups -OCH3 is 1. The second-order valence-corrected chi connectivity index (χ2v) is 6.47. The first-order valence-corrected chi connectivity index (χ1v) is 9.23. The highest BCUT2D eigenvalue weighted by Crippen LogP contribution is 2.24. The van der Waals surface area contributed by atoms with Crippen LogP contribution in [-0.2, 0) is 13.0 Å². The number of aryl methyl sites for hydroxylation is 2. The van der Waals surface area contributed by atoms with Gasteiger partial charge in [0.05, 0.1) is 18.5 Å². The van der Waals surface area contributed by atoms with E-state index in [-0.39, 0.29) is 0 Å². The minimum atomic E-state index is 0.505. The van der Waals surface area contributed by atoms with Crippen LogP contribution in [0.4, 0.5) is 0 Å². The van der Waals surface area contributed by atoms with Crippen molar-refractivity contribution >= 4 is 0 Å². The first kappa shape index (κ1) is 17.9. The van der Waals surface area contributed by atoms with Crippen molar-refractivity contribution in [3.63, 3.8) is 0 Å². The number of pyridine rings is 1. The number of hydrogen-bond donors (Lipinski definition) is 0. The Hall–Kier alpha value is -3.54. The molecule has 1 aromatic carbocycles. The fourth-order valence-electron chi connectivity index (χ4n) is 3.05. The van der Waals surface area contributed by atoms with Gasteiger partial charge < -0.3 is 4.74 Å². The number of ether oxygens (including phenoxy) is 1. The molecule has 3 aromatic heterocycles. The van der Waals surface area contributed by atoms with Crippen LogP contribution in [0.5, 0.6) is 5.88 Å². The molecule has 140 valence electrons. The highest BCUT2D eigenvalue weighted by atomic mass is 16.5. The fourth-order valence-corrected chi connectivity index (χ4v) is 3.05. The Morgan fingerprint density at radius 1 is 0.929 bits per heavy atom. The van der Waals surface area contributed by atoms with E-state index in [0.717, 1.165) is 41.9 Å². The number of hydrogen-bond acceptors (Lipinski definition) is 5. The predicted octanol–water partition coefficient (Wildman–Crippen LogP) is 4.04. The average molecular weight is 371 g/mol. The van der Waals surface area contributed by atoms with E-state index in [4.69, 9.17) is 9.84 Å². The van der Waals surface area contributed by atoms with E-state index in [2.05, 4.69) is 33.4 Å². The third kappa shape index (κ3) is 4.23. The van der Waals surface area contributed by atoms with Gasteiger partial charge in [-0.3, -0.25) is 9.67 Å². The Kier molecular flexibility index (Phi) is 5.38. The van der Waals surface area contributed by atoms with Gasteiger partial charge in [-0.25, -0.2) is 0 Å². The average Bonchev–Trinajstić information content (AvgIpc) is 3.24. The van der Waals surface area contributed by atoms with Gasteiger partial charge in [-0.1, -0.05) is 24.3 Å².